The van der Waals surface area contributed by atoms with Crippen LogP contribution in [-0.2, 0) is 27.2 Å². The van der Waals surface area contributed by atoms with Gasteiger partial charge in [-0.3, -0.25) is 14.4 Å². The second-order valence-electron chi connectivity index (χ2n) is 9.99. The van der Waals surface area contributed by atoms with Crippen LogP contribution >= 0.6 is 63.7 Å². The first kappa shape index (κ1) is 35.9. The van der Waals surface area contributed by atoms with Gasteiger partial charge in [-0.15, -0.1) is 0 Å². The van der Waals surface area contributed by atoms with Gasteiger partial charge in [-0.05, 0) is 130 Å². The quantitative estimate of drug-likeness (QED) is 0.137. The molecule has 0 aliphatic rings. The number of methoxy groups -OCH3 is 1. The minimum absolute atomic E-state index is 0.0645. The van der Waals surface area contributed by atoms with E-state index in [2.05, 4.69) is 79.7 Å². The summed E-state index contributed by atoms with van der Waals surface area (Å²) in [6.45, 7) is 4.28. The summed E-state index contributed by atoms with van der Waals surface area (Å²) < 4.78 is 13.5. The van der Waals surface area contributed by atoms with Crippen molar-refractivity contribution in [3.05, 3.63) is 83.1 Å². The van der Waals surface area contributed by atoms with E-state index in [4.69, 9.17) is 9.47 Å². The van der Waals surface area contributed by atoms with Crippen LogP contribution in [0.15, 0.2) is 66.4 Å². The van der Waals surface area contributed by atoms with E-state index >= 15 is 0 Å². The van der Waals surface area contributed by atoms with Gasteiger partial charge in [0.15, 0.2) is 0 Å². The lowest BCUT2D eigenvalue weighted by Gasteiger charge is -2.23. The number of phenols is 1. The molecule has 4 N–H and O–H groups in total. The second kappa shape index (κ2) is 17.2. The van der Waals surface area contributed by atoms with Crippen LogP contribution in [0.2, 0.25) is 0 Å². The highest BCUT2D eigenvalue weighted by molar-refractivity contribution is 9.11. The van der Waals surface area contributed by atoms with E-state index < -0.39 is 12.1 Å². The Morgan fingerprint density at radius 1 is 0.886 bits per heavy atom. The molecule has 236 valence electrons. The van der Waals surface area contributed by atoms with Crippen LogP contribution in [0.1, 0.15) is 43.0 Å². The van der Waals surface area contributed by atoms with Crippen molar-refractivity contribution < 1.29 is 29.0 Å². The summed E-state index contributed by atoms with van der Waals surface area (Å²) in [4.78, 5) is 37.7. The molecule has 3 amide bonds. The van der Waals surface area contributed by atoms with E-state index in [-0.39, 0.29) is 36.3 Å². The van der Waals surface area contributed by atoms with Crippen LogP contribution in [0.3, 0.4) is 0 Å². The lowest BCUT2D eigenvalue weighted by molar-refractivity contribution is -0.129. The largest absolute Gasteiger partial charge is 0.506 e. The van der Waals surface area contributed by atoms with E-state index in [0.29, 0.717) is 49.0 Å². The van der Waals surface area contributed by atoms with Crippen molar-refractivity contribution in [1.29, 1.82) is 0 Å². The maximum Gasteiger partial charge on any atom is 0.243 e. The molecule has 2 atom stereocenters. The topological polar surface area (TPSA) is 126 Å². The first-order valence-electron chi connectivity index (χ1n) is 13.6. The SMILES string of the molecule is COc1c(Br)cc(CC(NC(=O)Cc2ccc(OCCCNC(C)=O)cc2)C(=O)NC(C)c2cc(Br)c(O)c(Br)c2)cc1Br. The van der Waals surface area contributed by atoms with E-state index in [1.54, 1.807) is 43.5 Å². The number of aromatic hydroxyl groups is 1. The number of nitrogens with one attached hydrogen (secondary N) is 3. The fourth-order valence-electron chi connectivity index (χ4n) is 4.26. The van der Waals surface area contributed by atoms with Gasteiger partial charge in [-0.2, -0.15) is 0 Å². The minimum Gasteiger partial charge on any atom is -0.506 e. The highest BCUT2D eigenvalue weighted by atomic mass is 79.9. The number of ether oxygens (including phenoxy) is 2. The van der Waals surface area contributed by atoms with Gasteiger partial charge in [0.2, 0.25) is 17.7 Å². The molecule has 0 aliphatic carbocycles. The molecule has 3 aromatic rings. The van der Waals surface area contributed by atoms with Gasteiger partial charge in [-0.25, -0.2) is 0 Å². The first-order valence-corrected chi connectivity index (χ1v) is 16.8. The number of carbonyl (C=O) groups is 3. The Hall–Kier alpha value is -2.61. The Morgan fingerprint density at radius 2 is 1.50 bits per heavy atom. The highest BCUT2D eigenvalue weighted by Gasteiger charge is 2.25. The molecule has 0 saturated carbocycles. The number of rotatable bonds is 14. The van der Waals surface area contributed by atoms with Crippen LogP contribution in [0.25, 0.3) is 0 Å². The van der Waals surface area contributed by atoms with Crippen molar-refractivity contribution in [1.82, 2.24) is 16.0 Å². The van der Waals surface area contributed by atoms with Crippen LogP contribution in [0.5, 0.6) is 17.2 Å². The molecule has 0 radical (unpaired) electrons. The first-order chi connectivity index (χ1) is 20.9. The third kappa shape index (κ3) is 10.8. The number of halogens is 4. The average Bonchev–Trinajstić information content (AvgIpc) is 2.95. The number of carbonyl (C=O) groups excluding carboxylic acids is 3. The molecule has 0 aliphatic heterocycles. The Balaban J connectivity index is 1.71. The van der Waals surface area contributed by atoms with E-state index in [9.17, 15) is 19.5 Å². The smallest absolute Gasteiger partial charge is 0.243 e. The lowest BCUT2D eigenvalue weighted by Crippen LogP contribution is -2.49. The van der Waals surface area contributed by atoms with Gasteiger partial charge < -0.3 is 30.5 Å². The third-order valence-electron chi connectivity index (χ3n) is 6.50. The fraction of sp³-hybridized carbons (Fsp3) is 0.323. The Kier molecular flexibility index (Phi) is 14.0. The number of hydrogen-bond acceptors (Lipinski definition) is 6. The molecule has 0 bridgehead atoms. The Labute approximate surface area is 290 Å². The number of amides is 3. The zero-order chi connectivity index (χ0) is 32.4. The van der Waals surface area contributed by atoms with Crippen molar-refractivity contribution in [3.8, 4) is 17.2 Å². The molecule has 0 spiro atoms. The molecule has 0 aromatic heterocycles. The van der Waals surface area contributed by atoms with Crippen LogP contribution in [0, 0.1) is 0 Å². The van der Waals surface area contributed by atoms with Gasteiger partial charge >= 0.3 is 0 Å². The van der Waals surface area contributed by atoms with Gasteiger partial charge in [0.05, 0.1) is 44.1 Å². The molecule has 3 rings (SSSR count). The maximum absolute atomic E-state index is 13.6. The van der Waals surface area contributed by atoms with Crippen molar-refractivity contribution in [2.45, 2.75) is 45.2 Å². The number of phenolic OH excluding ortho intramolecular Hbond substituents is 1. The van der Waals surface area contributed by atoms with Gasteiger partial charge in [0, 0.05) is 19.9 Å². The van der Waals surface area contributed by atoms with E-state index in [1.807, 2.05) is 19.1 Å². The normalized spacial score (nSPS) is 12.2. The molecule has 0 fully saturated rings. The maximum atomic E-state index is 13.6. The van der Waals surface area contributed by atoms with Crippen molar-refractivity contribution in [2.24, 2.45) is 0 Å². The summed E-state index contributed by atoms with van der Waals surface area (Å²) in [5, 5.41) is 18.7. The predicted molar refractivity (Wildman–Crippen MR) is 183 cm³/mol. The number of hydrogen-bond donors (Lipinski definition) is 4. The number of benzene rings is 3. The molecule has 9 nitrogen and oxygen atoms in total. The lowest BCUT2D eigenvalue weighted by atomic mass is 10.0. The standard InChI is InChI=1S/C31H33Br4N3O6/c1-17(21-15-23(32)29(41)24(33)16-21)37-31(42)27(13-20-11-25(34)30(43-3)26(35)12-20)38-28(40)14-19-5-7-22(8-6-19)44-10-4-9-36-18(2)39/h5-8,11-12,15-17,27,41H,4,9-10,13-14H2,1-3H3,(H,36,39)(H,37,42)(H,38,40). The molecule has 13 heteroatoms. The third-order valence-corrected chi connectivity index (χ3v) is 8.89. The van der Waals surface area contributed by atoms with Crippen LogP contribution in [0.4, 0.5) is 0 Å². The molecule has 2 unspecified atom stereocenters. The zero-order valence-electron chi connectivity index (χ0n) is 24.3. The highest BCUT2D eigenvalue weighted by Crippen LogP contribution is 2.36. The fourth-order valence-corrected chi connectivity index (χ4v) is 7.09. The summed E-state index contributed by atoms with van der Waals surface area (Å²) in [5.41, 5.74) is 2.31. The molecule has 44 heavy (non-hydrogen) atoms. The Morgan fingerprint density at radius 3 is 2.07 bits per heavy atom. The van der Waals surface area contributed by atoms with E-state index in [0.717, 1.165) is 16.7 Å². The summed E-state index contributed by atoms with van der Waals surface area (Å²) in [7, 11) is 1.56. The predicted octanol–water partition coefficient (Wildman–Crippen LogP) is 6.50. The van der Waals surface area contributed by atoms with Crippen molar-refractivity contribution >= 4 is 81.4 Å². The van der Waals surface area contributed by atoms with Crippen molar-refractivity contribution in [2.75, 3.05) is 20.3 Å². The molecular weight excluding hydrogens is 830 g/mol. The van der Waals surface area contributed by atoms with Gasteiger partial charge in [0.1, 0.15) is 23.3 Å². The van der Waals surface area contributed by atoms with Crippen molar-refractivity contribution in [3.63, 3.8) is 0 Å². The second-order valence-corrected chi connectivity index (χ2v) is 13.4. The summed E-state index contributed by atoms with van der Waals surface area (Å²) in [5.74, 6) is 0.586. The average molecular weight is 863 g/mol. The Bertz CT molecular complexity index is 1440. The minimum atomic E-state index is -0.882. The molecular formula is C31H33Br4N3O6. The monoisotopic (exact) mass is 859 g/mol. The van der Waals surface area contributed by atoms with Crippen LogP contribution in [-0.4, -0.2) is 49.1 Å². The van der Waals surface area contributed by atoms with Gasteiger partial charge in [-0.1, -0.05) is 12.1 Å². The van der Waals surface area contributed by atoms with Crippen LogP contribution < -0.4 is 25.4 Å². The summed E-state index contributed by atoms with van der Waals surface area (Å²) in [6, 6.07) is 13.0. The molecule has 0 saturated heterocycles. The summed E-state index contributed by atoms with van der Waals surface area (Å²) in [6.07, 6.45) is 0.962. The zero-order valence-corrected chi connectivity index (χ0v) is 30.7. The summed E-state index contributed by atoms with van der Waals surface area (Å²) >= 11 is 13.7. The molecule has 3 aromatic carbocycles. The van der Waals surface area contributed by atoms with Gasteiger partial charge in [0.25, 0.3) is 0 Å². The van der Waals surface area contributed by atoms with E-state index in [1.165, 1.54) is 6.92 Å². The molecule has 0 heterocycles.